The van der Waals surface area contributed by atoms with Gasteiger partial charge in [0, 0.05) is 6.04 Å². The Morgan fingerprint density at radius 1 is 1.09 bits per heavy atom. The van der Waals surface area contributed by atoms with Crippen LogP contribution < -0.4 is 15.8 Å². The molecule has 0 heterocycles. The van der Waals surface area contributed by atoms with E-state index in [0.29, 0.717) is 17.4 Å². The summed E-state index contributed by atoms with van der Waals surface area (Å²) in [5.41, 5.74) is 4.44. The van der Waals surface area contributed by atoms with Crippen LogP contribution >= 0.6 is 0 Å². The molecule has 1 heteroatoms. The molecule has 34 heavy (non-hydrogen) atoms. The number of hydrogen-bond donors (Lipinski definition) is 1. The monoisotopic (exact) mass is 455 g/mol. The van der Waals surface area contributed by atoms with E-state index >= 15 is 0 Å². The average molecular weight is 456 g/mol. The van der Waals surface area contributed by atoms with E-state index in [4.69, 9.17) is 0 Å². The van der Waals surface area contributed by atoms with Gasteiger partial charge < -0.3 is 5.32 Å². The van der Waals surface area contributed by atoms with Gasteiger partial charge in [-0.2, -0.15) is 0 Å². The maximum atomic E-state index is 4.47. The molecule has 0 radical (unpaired) electrons. The van der Waals surface area contributed by atoms with Crippen LogP contribution in [-0.4, -0.2) is 12.6 Å². The molecule has 0 aromatic heterocycles. The summed E-state index contributed by atoms with van der Waals surface area (Å²) in [6, 6.07) is 18.4. The highest BCUT2D eigenvalue weighted by Crippen LogP contribution is 2.50. The maximum absolute atomic E-state index is 4.47. The minimum atomic E-state index is 0.419. The maximum Gasteiger partial charge on any atom is 0.00780 e. The molecule has 0 saturated heterocycles. The molecule has 3 unspecified atom stereocenters. The highest BCUT2D eigenvalue weighted by atomic mass is 14.9. The Morgan fingerprint density at radius 2 is 1.88 bits per heavy atom. The largest absolute Gasteiger partial charge is 0.314 e. The molecule has 0 spiro atoms. The predicted octanol–water partition coefficient (Wildman–Crippen LogP) is 7.37. The number of rotatable bonds is 11. The SMILES string of the molecule is C=C(CCCC1(CCC)CC(NCC)CC(c2ccccc2)C1)c1ccc(=C)/c(=C\C=C/C)c1. The fraction of sp³-hybridized carbons (Fsp3) is 0.455. The van der Waals surface area contributed by atoms with Gasteiger partial charge in [0.15, 0.2) is 0 Å². The van der Waals surface area contributed by atoms with Gasteiger partial charge in [-0.05, 0) is 103 Å². The molecule has 3 rings (SSSR count). The lowest BCUT2D eigenvalue weighted by Gasteiger charge is -2.46. The molecular weight excluding hydrogens is 410 g/mol. The number of hydrogen-bond acceptors (Lipinski definition) is 1. The zero-order chi connectivity index (χ0) is 24.4. The Labute approximate surface area is 208 Å². The third-order valence-electron chi connectivity index (χ3n) is 7.68. The van der Waals surface area contributed by atoms with Gasteiger partial charge in [-0.25, -0.2) is 0 Å². The van der Waals surface area contributed by atoms with Crippen molar-refractivity contribution in [3.8, 4) is 0 Å². The van der Waals surface area contributed by atoms with Gasteiger partial charge in [-0.15, -0.1) is 0 Å². The molecule has 1 fully saturated rings. The second-order valence-electron chi connectivity index (χ2n) is 10.3. The van der Waals surface area contributed by atoms with Crippen LogP contribution in [0.15, 0.2) is 67.3 Å². The molecule has 0 amide bonds. The summed E-state index contributed by atoms with van der Waals surface area (Å²) in [6.45, 7) is 16.4. The Kier molecular flexibility index (Phi) is 9.96. The lowest BCUT2D eigenvalue weighted by Crippen LogP contribution is -2.42. The molecule has 2 aromatic rings. The van der Waals surface area contributed by atoms with Crippen molar-refractivity contribution in [2.45, 2.75) is 84.1 Å². The van der Waals surface area contributed by atoms with Crippen molar-refractivity contribution >= 4 is 18.2 Å². The smallest absolute Gasteiger partial charge is 0.00780 e. The van der Waals surface area contributed by atoms with Gasteiger partial charge in [-0.3, -0.25) is 0 Å². The number of nitrogens with one attached hydrogen (secondary N) is 1. The van der Waals surface area contributed by atoms with E-state index in [0.717, 1.165) is 18.2 Å². The zero-order valence-electron chi connectivity index (χ0n) is 21.8. The first-order valence-electron chi connectivity index (χ1n) is 13.4. The first kappa shape index (κ1) is 26.2. The van der Waals surface area contributed by atoms with Crippen molar-refractivity contribution in [1.82, 2.24) is 5.32 Å². The molecule has 1 saturated carbocycles. The van der Waals surface area contributed by atoms with Crippen LogP contribution in [0.1, 0.15) is 89.2 Å². The molecule has 2 aromatic carbocycles. The minimum absolute atomic E-state index is 0.419. The second-order valence-corrected chi connectivity index (χ2v) is 10.3. The van der Waals surface area contributed by atoms with Gasteiger partial charge in [-0.1, -0.05) is 94.1 Å². The topological polar surface area (TPSA) is 12.0 Å². The summed E-state index contributed by atoms with van der Waals surface area (Å²) >= 11 is 0. The quantitative estimate of drug-likeness (QED) is 0.373. The van der Waals surface area contributed by atoms with E-state index in [-0.39, 0.29) is 0 Å². The van der Waals surface area contributed by atoms with E-state index in [1.54, 1.807) is 0 Å². The molecule has 1 aliphatic rings. The number of benzene rings is 2. The first-order chi connectivity index (χ1) is 16.5. The van der Waals surface area contributed by atoms with Crippen molar-refractivity contribution in [2.75, 3.05) is 6.54 Å². The molecule has 1 nitrogen and oxygen atoms in total. The Bertz CT molecular complexity index is 1050. The molecule has 0 bridgehead atoms. The van der Waals surface area contributed by atoms with Gasteiger partial charge in [0.1, 0.15) is 0 Å². The normalized spacial score (nSPS) is 23.4. The fourth-order valence-electron chi connectivity index (χ4n) is 6.12. The van der Waals surface area contributed by atoms with Crippen LogP contribution in [0.3, 0.4) is 0 Å². The van der Waals surface area contributed by atoms with Crippen molar-refractivity contribution in [3.63, 3.8) is 0 Å². The van der Waals surface area contributed by atoms with Gasteiger partial charge in [0.25, 0.3) is 0 Å². The minimum Gasteiger partial charge on any atom is -0.314 e. The lowest BCUT2D eigenvalue weighted by molar-refractivity contribution is 0.109. The summed E-state index contributed by atoms with van der Waals surface area (Å²) in [7, 11) is 0. The second kappa shape index (κ2) is 12.9. The summed E-state index contributed by atoms with van der Waals surface area (Å²) in [5.74, 6) is 0.656. The van der Waals surface area contributed by atoms with Crippen LogP contribution in [0, 0.1) is 5.41 Å². The van der Waals surface area contributed by atoms with E-state index in [1.165, 1.54) is 66.9 Å². The fourth-order valence-corrected chi connectivity index (χ4v) is 6.12. The highest BCUT2D eigenvalue weighted by Gasteiger charge is 2.39. The van der Waals surface area contributed by atoms with Crippen LogP contribution in [0.25, 0.3) is 18.2 Å². The van der Waals surface area contributed by atoms with E-state index < -0.39 is 0 Å². The molecule has 1 N–H and O–H groups in total. The third-order valence-corrected chi connectivity index (χ3v) is 7.68. The highest BCUT2D eigenvalue weighted by molar-refractivity contribution is 5.63. The molecule has 0 aliphatic heterocycles. The lowest BCUT2D eigenvalue weighted by atomic mass is 9.62. The third kappa shape index (κ3) is 7.06. The average Bonchev–Trinajstić information content (AvgIpc) is 2.84. The van der Waals surface area contributed by atoms with Gasteiger partial charge in [0.05, 0.1) is 0 Å². The van der Waals surface area contributed by atoms with Crippen LogP contribution in [0.2, 0.25) is 0 Å². The van der Waals surface area contributed by atoms with E-state index in [9.17, 15) is 0 Å². The summed E-state index contributed by atoms with van der Waals surface area (Å²) < 4.78 is 0. The van der Waals surface area contributed by atoms with Crippen molar-refractivity contribution in [1.29, 1.82) is 0 Å². The molecule has 1 aliphatic carbocycles. The summed E-state index contributed by atoms with van der Waals surface area (Å²) in [4.78, 5) is 0. The van der Waals surface area contributed by atoms with Crippen LogP contribution in [-0.2, 0) is 0 Å². The van der Waals surface area contributed by atoms with Crippen LogP contribution in [0.4, 0.5) is 0 Å². The standard InChI is InChI=1S/C33H45N/c1-6-9-15-29-22-30(19-18-27(29)5)26(4)14-13-21-33(20-7-2)24-31(23-32(25-33)34-8-3)28-16-11-10-12-17-28/h6,9-12,15-19,22,31-32,34H,4-5,7-8,13-14,20-21,23-25H2,1-3H3/b9-6-,29-15-. The first-order valence-corrected chi connectivity index (χ1v) is 13.4. The van der Waals surface area contributed by atoms with Crippen molar-refractivity contribution in [2.24, 2.45) is 5.41 Å². The Hall–Kier alpha value is -2.38. The molecular formula is C33H45N. The van der Waals surface area contributed by atoms with Gasteiger partial charge in [0.2, 0.25) is 0 Å². The summed E-state index contributed by atoms with van der Waals surface area (Å²) in [6.07, 6.45) is 16.3. The number of allylic oxidation sites excluding steroid dienone is 3. The Morgan fingerprint density at radius 3 is 2.59 bits per heavy atom. The Balaban J connectivity index is 1.73. The van der Waals surface area contributed by atoms with Crippen LogP contribution in [0.5, 0.6) is 0 Å². The van der Waals surface area contributed by atoms with Gasteiger partial charge >= 0.3 is 0 Å². The van der Waals surface area contributed by atoms with E-state index in [1.807, 2.05) is 6.92 Å². The van der Waals surface area contributed by atoms with E-state index in [2.05, 4.69) is 99.1 Å². The predicted molar refractivity (Wildman–Crippen MR) is 151 cm³/mol. The van der Waals surface area contributed by atoms with Crippen molar-refractivity contribution in [3.05, 3.63) is 88.8 Å². The van der Waals surface area contributed by atoms with Crippen molar-refractivity contribution < 1.29 is 0 Å². The summed E-state index contributed by atoms with van der Waals surface area (Å²) in [5, 5.41) is 6.07. The molecule has 182 valence electrons. The zero-order valence-corrected chi connectivity index (χ0v) is 21.8. The molecule has 3 atom stereocenters.